The average Bonchev–Trinajstić information content (AvgIpc) is 2.43. The Morgan fingerprint density at radius 2 is 2.10 bits per heavy atom. The van der Waals surface area contributed by atoms with Gasteiger partial charge in [-0.15, -0.1) is 0 Å². The van der Waals surface area contributed by atoms with Crippen LogP contribution in [0, 0.1) is 12.8 Å². The average molecular weight is 294 g/mol. The molecule has 1 unspecified atom stereocenters. The summed E-state index contributed by atoms with van der Waals surface area (Å²) in [5.74, 6) is 0.0627. The minimum Gasteiger partial charge on any atom is -0.496 e. The van der Waals surface area contributed by atoms with Crippen molar-refractivity contribution in [1.29, 1.82) is 0 Å². The summed E-state index contributed by atoms with van der Waals surface area (Å²) < 4.78 is 5.15. The van der Waals surface area contributed by atoms with Crippen molar-refractivity contribution in [3.63, 3.8) is 0 Å². The number of amides is 2. The van der Waals surface area contributed by atoms with Crippen LogP contribution in [-0.4, -0.2) is 30.8 Å². The number of rotatable bonds is 7. The van der Waals surface area contributed by atoms with E-state index in [1.54, 1.807) is 19.2 Å². The highest BCUT2D eigenvalue weighted by molar-refractivity contribution is 5.89. The van der Waals surface area contributed by atoms with Crippen LogP contribution in [-0.2, 0) is 4.79 Å². The zero-order valence-corrected chi connectivity index (χ0v) is 12.6. The molecule has 0 spiro atoms. The number of carbonyl (C=O) groups is 2. The largest absolute Gasteiger partial charge is 0.496 e. The summed E-state index contributed by atoms with van der Waals surface area (Å²) in [4.78, 5) is 22.2. The van der Waals surface area contributed by atoms with E-state index in [9.17, 15) is 9.59 Å². The standard InChI is InChI=1S/C15H22N2O4/c1-10(4-7-14(18)19)9-16-15(20)17-12-5-6-13(21-3)11(2)8-12/h5-6,8,10H,4,7,9H2,1-3H3,(H,18,19)(H2,16,17,20). The molecule has 0 bridgehead atoms. The summed E-state index contributed by atoms with van der Waals surface area (Å²) in [6.45, 7) is 4.24. The van der Waals surface area contributed by atoms with E-state index in [-0.39, 0.29) is 18.4 Å². The van der Waals surface area contributed by atoms with Crippen LogP contribution < -0.4 is 15.4 Å². The van der Waals surface area contributed by atoms with Crippen LogP contribution >= 0.6 is 0 Å². The van der Waals surface area contributed by atoms with Crippen LogP contribution in [0.1, 0.15) is 25.3 Å². The van der Waals surface area contributed by atoms with Crippen molar-refractivity contribution in [2.24, 2.45) is 5.92 Å². The van der Waals surface area contributed by atoms with Gasteiger partial charge < -0.3 is 20.5 Å². The molecule has 0 radical (unpaired) electrons. The highest BCUT2D eigenvalue weighted by Gasteiger charge is 2.08. The van der Waals surface area contributed by atoms with Gasteiger partial charge in [0.2, 0.25) is 0 Å². The fraction of sp³-hybridized carbons (Fsp3) is 0.467. The molecule has 1 atom stereocenters. The molecular formula is C15H22N2O4. The first kappa shape index (κ1) is 16.8. The van der Waals surface area contributed by atoms with Crippen molar-refractivity contribution < 1.29 is 19.4 Å². The molecule has 3 N–H and O–H groups in total. The van der Waals surface area contributed by atoms with Gasteiger partial charge in [-0.05, 0) is 43.0 Å². The lowest BCUT2D eigenvalue weighted by Crippen LogP contribution is -2.32. The number of aryl methyl sites for hydroxylation is 1. The predicted molar refractivity (Wildman–Crippen MR) is 80.8 cm³/mol. The molecule has 0 aliphatic heterocycles. The Bertz CT molecular complexity index is 502. The van der Waals surface area contributed by atoms with Gasteiger partial charge in [0, 0.05) is 18.7 Å². The van der Waals surface area contributed by atoms with E-state index in [1.807, 2.05) is 19.9 Å². The molecular weight excluding hydrogens is 272 g/mol. The van der Waals surface area contributed by atoms with Crippen molar-refractivity contribution in [2.45, 2.75) is 26.7 Å². The summed E-state index contributed by atoms with van der Waals surface area (Å²) in [5.41, 5.74) is 1.62. The van der Waals surface area contributed by atoms with Crippen molar-refractivity contribution in [2.75, 3.05) is 19.0 Å². The summed E-state index contributed by atoms with van der Waals surface area (Å²) in [6.07, 6.45) is 0.652. The van der Waals surface area contributed by atoms with Gasteiger partial charge in [-0.2, -0.15) is 0 Å². The van der Waals surface area contributed by atoms with E-state index < -0.39 is 5.97 Å². The molecule has 0 fully saturated rings. The first-order valence-electron chi connectivity index (χ1n) is 6.83. The van der Waals surface area contributed by atoms with Crippen LogP contribution in [0.5, 0.6) is 5.75 Å². The fourth-order valence-corrected chi connectivity index (χ4v) is 1.87. The zero-order chi connectivity index (χ0) is 15.8. The number of nitrogens with one attached hydrogen (secondary N) is 2. The lowest BCUT2D eigenvalue weighted by atomic mass is 10.1. The predicted octanol–water partition coefficient (Wildman–Crippen LogP) is 2.63. The van der Waals surface area contributed by atoms with Gasteiger partial charge in [-0.25, -0.2) is 4.79 Å². The number of carbonyl (C=O) groups excluding carboxylic acids is 1. The van der Waals surface area contributed by atoms with E-state index in [2.05, 4.69) is 10.6 Å². The van der Waals surface area contributed by atoms with Crippen molar-refractivity contribution in [3.8, 4) is 5.75 Å². The number of methoxy groups -OCH3 is 1. The number of ether oxygens (including phenoxy) is 1. The quantitative estimate of drug-likeness (QED) is 0.721. The molecule has 116 valence electrons. The van der Waals surface area contributed by atoms with Crippen molar-refractivity contribution in [1.82, 2.24) is 5.32 Å². The molecule has 1 aromatic rings. The molecule has 21 heavy (non-hydrogen) atoms. The van der Waals surface area contributed by atoms with Crippen molar-refractivity contribution in [3.05, 3.63) is 23.8 Å². The van der Waals surface area contributed by atoms with E-state index in [1.165, 1.54) is 0 Å². The SMILES string of the molecule is COc1ccc(NC(=O)NCC(C)CCC(=O)O)cc1C. The molecule has 0 aliphatic rings. The highest BCUT2D eigenvalue weighted by atomic mass is 16.5. The monoisotopic (exact) mass is 294 g/mol. The Morgan fingerprint density at radius 3 is 2.67 bits per heavy atom. The number of urea groups is 1. The van der Waals surface area contributed by atoms with Gasteiger partial charge in [-0.1, -0.05) is 6.92 Å². The second kappa shape index (κ2) is 8.14. The smallest absolute Gasteiger partial charge is 0.319 e. The lowest BCUT2D eigenvalue weighted by Gasteiger charge is -2.13. The first-order valence-corrected chi connectivity index (χ1v) is 6.83. The Hall–Kier alpha value is -2.24. The van der Waals surface area contributed by atoms with Gasteiger partial charge >= 0.3 is 12.0 Å². The second-order valence-electron chi connectivity index (χ2n) is 5.06. The fourth-order valence-electron chi connectivity index (χ4n) is 1.87. The Morgan fingerprint density at radius 1 is 1.38 bits per heavy atom. The van der Waals surface area contributed by atoms with Gasteiger partial charge in [0.1, 0.15) is 5.75 Å². The molecule has 6 heteroatoms. The van der Waals surface area contributed by atoms with Crippen LogP contribution in [0.25, 0.3) is 0 Å². The number of carboxylic acids is 1. The number of anilines is 1. The van der Waals surface area contributed by atoms with E-state index >= 15 is 0 Å². The minimum absolute atomic E-state index is 0.113. The second-order valence-corrected chi connectivity index (χ2v) is 5.06. The van der Waals surface area contributed by atoms with E-state index in [0.29, 0.717) is 18.7 Å². The molecule has 1 rings (SSSR count). The van der Waals surface area contributed by atoms with Crippen molar-refractivity contribution >= 4 is 17.7 Å². The lowest BCUT2D eigenvalue weighted by molar-refractivity contribution is -0.137. The first-order chi connectivity index (χ1) is 9.92. The molecule has 2 amide bonds. The molecule has 0 aromatic heterocycles. The molecule has 0 heterocycles. The van der Waals surface area contributed by atoms with Gasteiger partial charge in [-0.3, -0.25) is 4.79 Å². The van der Waals surface area contributed by atoms with Gasteiger partial charge in [0.15, 0.2) is 0 Å². The third-order valence-electron chi connectivity index (χ3n) is 3.11. The maximum absolute atomic E-state index is 11.8. The molecule has 0 saturated heterocycles. The summed E-state index contributed by atoms with van der Waals surface area (Å²) >= 11 is 0. The highest BCUT2D eigenvalue weighted by Crippen LogP contribution is 2.21. The topological polar surface area (TPSA) is 87.7 Å². The van der Waals surface area contributed by atoms with Crippen LogP contribution in [0.15, 0.2) is 18.2 Å². The summed E-state index contributed by atoms with van der Waals surface area (Å²) in [6, 6.07) is 5.08. The summed E-state index contributed by atoms with van der Waals surface area (Å²) in [5, 5.41) is 14.1. The Labute approximate surface area is 124 Å². The van der Waals surface area contributed by atoms with Gasteiger partial charge in [0.05, 0.1) is 7.11 Å². The van der Waals surface area contributed by atoms with E-state index in [0.717, 1.165) is 11.3 Å². The number of hydrogen-bond acceptors (Lipinski definition) is 3. The number of hydrogen-bond donors (Lipinski definition) is 3. The van der Waals surface area contributed by atoms with Gasteiger partial charge in [0.25, 0.3) is 0 Å². The molecule has 0 aliphatic carbocycles. The van der Waals surface area contributed by atoms with Crippen LogP contribution in [0.3, 0.4) is 0 Å². The molecule has 6 nitrogen and oxygen atoms in total. The number of benzene rings is 1. The third kappa shape index (κ3) is 6.16. The van der Waals surface area contributed by atoms with E-state index in [4.69, 9.17) is 9.84 Å². The zero-order valence-electron chi connectivity index (χ0n) is 12.6. The number of aliphatic carboxylic acids is 1. The maximum Gasteiger partial charge on any atom is 0.319 e. The maximum atomic E-state index is 11.8. The molecule has 0 saturated carbocycles. The molecule has 1 aromatic carbocycles. The normalized spacial score (nSPS) is 11.6. The number of carboxylic acid groups (broad SMARTS) is 1. The minimum atomic E-state index is -0.819. The Balaban J connectivity index is 2.40. The van der Waals surface area contributed by atoms with Crippen LogP contribution in [0.2, 0.25) is 0 Å². The third-order valence-corrected chi connectivity index (χ3v) is 3.11. The Kier molecular flexibility index (Phi) is 6.52. The summed E-state index contributed by atoms with van der Waals surface area (Å²) in [7, 11) is 1.60. The van der Waals surface area contributed by atoms with Crippen LogP contribution in [0.4, 0.5) is 10.5 Å².